The fourth-order valence-electron chi connectivity index (χ4n) is 1.99. The van der Waals surface area contributed by atoms with Crippen LogP contribution in [0.5, 0.6) is 0 Å². The SMILES string of the molecule is CC[C@@H](NC(=O)c1ccccc1Cl)c1ccccc1. The van der Waals surface area contributed by atoms with E-state index in [2.05, 4.69) is 5.32 Å². The lowest BCUT2D eigenvalue weighted by atomic mass is 10.0. The highest BCUT2D eigenvalue weighted by molar-refractivity contribution is 6.33. The van der Waals surface area contributed by atoms with Gasteiger partial charge in [0.25, 0.3) is 5.91 Å². The van der Waals surface area contributed by atoms with E-state index in [9.17, 15) is 4.79 Å². The number of carbonyl (C=O) groups excluding carboxylic acids is 1. The van der Waals surface area contributed by atoms with Crippen molar-refractivity contribution in [2.75, 3.05) is 0 Å². The number of hydrogen-bond acceptors (Lipinski definition) is 1. The quantitative estimate of drug-likeness (QED) is 0.888. The molecule has 0 aliphatic carbocycles. The van der Waals surface area contributed by atoms with Gasteiger partial charge in [-0.05, 0) is 24.1 Å². The van der Waals surface area contributed by atoms with Crippen LogP contribution in [-0.2, 0) is 0 Å². The lowest BCUT2D eigenvalue weighted by molar-refractivity contribution is 0.0935. The van der Waals surface area contributed by atoms with Gasteiger partial charge in [-0.25, -0.2) is 0 Å². The average Bonchev–Trinajstić information content (AvgIpc) is 2.46. The summed E-state index contributed by atoms with van der Waals surface area (Å²) in [6.07, 6.45) is 0.834. The topological polar surface area (TPSA) is 29.1 Å². The van der Waals surface area contributed by atoms with E-state index in [1.807, 2.05) is 49.4 Å². The fraction of sp³-hybridized carbons (Fsp3) is 0.188. The third kappa shape index (κ3) is 3.36. The molecule has 0 spiro atoms. The molecule has 3 heteroatoms. The third-order valence-electron chi connectivity index (χ3n) is 3.03. The minimum Gasteiger partial charge on any atom is -0.345 e. The zero-order chi connectivity index (χ0) is 13.7. The van der Waals surface area contributed by atoms with Crippen molar-refractivity contribution in [3.05, 3.63) is 70.7 Å². The largest absolute Gasteiger partial charge is 0.345 e. The molecule has 1 atom stereocenters. The molecule has 0 bridgehead atoms. The molecule has 1 amide bonds. The molecule has 2 aromatic carbocycles. The first-order valence-electron chi connectivity index (χ1n) is 6.32. The van der Waals surface area contributed by atoms with E-state index in [1.165, 1.54) is 0 Å². The Morgan fingerprint density at radius 1 is 1.11 bits per heavy atom. The van der Waals surface area contributed by atoms with Crippen molar-refractivity contribution >= 4 is 17.5 Å². The molecule has 1 N–H and O–H groups in total. The summed E-state index contributed by atoms with van der Waals surface area (Å²) in [5.74, 6) is -0.138. The molecule has 2 rings (SSSR count). The first-order chi connectivity index (χ1) is 9.22. The molecule has 0 radical (unpaired) electrons. The van der Waals surface area contributed by atoms with Crippen molar-refractivity contribution in [2.45, 2.75) is 19.4 Å². The number of nitrogens with one attached hydrogen (secondary N) is 1. The first-order valence-corrected chi connectivity index (χ1v) is 6.70. The summed E-state index contributed by atoms with van der Waals surface area (Å²) < 4.78 is 0. The summed E-state index contributed by atoms with van der Waals surface area (Å²) >= 11 is 6.03. The third-order valence-corrected chi connectivity index (χ3v) is 3.36. The van der Waals surface area contributed by atoms with Gasteiger partial charge in [0.15, 0.2) is 0 Å². The Balaban J connectivity index is 2.16. The lowest BCUT2D eigenvalue weighted by Crippen LogP contribution is -2.28. The van der Waals surface area contributed by atoms with Crippen LogP contribution in [0.2, 0.25) is 5.02 Å². The molecule has 2 aromatic rings. The molecule has 0 saturated carbocycles. The van der Waals surface area contributed by atoms with Crippen LogP contribution in [0, 0.1) is 0 Å². The second-order valence-electron chi connectivity index (χ2n) is 4.32. The van der Waals surface area contributed by atoms with Crippen LogP contribution in [0.3, 0.4) is 0 Å². The van der Waals surface area contributed by atoms with Gasteiger partial charge in [0.2, 0.25) is 0 Å². The Kier molecular flexibility index (Phi) is 4.58. The Labute approximate surface area is 118 Å². The predicted molar refractivity (Wildman–Crippen MR) is 78.4 cm³/mol. The zero-order valence-corrected chi connectivity index (χ0v) is 11.5. The average molecular weight is 274 g/mol. The van der Waals surface area contributed by atoms with E-state index in [0.717, 1.165) is 12.0 Å². The second kappa shape index (κ2) is 6.39. The van der Waals surface area contributed by atoms with Crippen LogP contribution >= 0.6 is 11.6 Å². The minimum absolute atomic E-state index is 0.00460. The standard InChI is InChI=1S/C16H16ClNO/c1-2-15(12-8-4-3-5-9-12)18-16(19)13-10-6-7-11-14(13)17/h3-11,15H,2H2,1H3,(H,18,19)/t15-/m1/s1. The molecule has 0 aromatic heterocycles. The Morgan fingerprint density at radius 3 is 2.37 bits per heavy atom. The Bertz CT molecular complexity index is 554. The van der Waals surface area contributed by atoms with E-state index in [-0.39, 0.29) is 11.9 Å². The predicted octanol–water partition coefficient (Wildman–Crippen LogP) is 4.22. The summed E-state index contributed by atoms with van der Waals surface area (Å²) in [6.45, 7) is 2.05. The lowest BCUT2D eigenvalue weighted by Gasteiger charge is -2.17. The molecule has 0 heterocycles. The smallest absolute Gasteiger partial charge is 0.253 e. The van der Waals surface area contributed by atoms with Crippen molar-refractivity contribution in [1.29, 1.82) is 0 Å². The highest BCUT2D eigenvalue weighted by atomic mass is 35.5. The van der Waals surface area contributed by atoms with Gasteiger partial charge < -0.3 is 5.32 Å². The molecule has 0 aliphatic rings. The van der Waals surface area contributed by atoms with Gasteiger partial charge in [-0.1, -0.05) is 61.0 Å². The Hall–Kier alpha value is -1.80. The van der Waals surface area contributed by atoms with Crippen LogP contribution < -0.4 is 5.32 Å². The van der Waals surface area contributed by atoms with Gasteiger partial charge in [0, 0.05) is 0 Å². The molecule has 19 heavy (non-hydrogen) atoms. The highest BCUT2D eigenvalue weighted by Gasteiger charge is 2.15. The summed E-state index contributed by atoms with van der Waals surface area (Å²) in [5.41, 5.74) is 1.61. The summed E-state index contributed by atoms with van der Waals surface area (Å²) in [4.78, 5) is 12.2. The van der Waals surface area contributed by atoms with Crippen molar-refractivity contribution in [2.24, 2.45) is 0 Å². The molecule has 0 saturated heterocycles. The van der Waals surface area contributed by atoms with Gasteiger partial charge in [-0.15, -0.1) is 0 Å². The first kappa shape index (κ1) is 13.6. The van der Waals surface area contributed by atoms with Crippen LogP contribution in [-0.4, -0.2) is 5.91 Å². The molecule has 98 valence electrons. The minimum atomic E-state index is -0.138. The number of benzene rings is 2. The number of halogens is 1. The van der Waals surface area contributed by atoms with E-state index < -0.39 is 0 Å². The van der Waals surface area contributed by atoms with Crippen molar-refractivity contribution in [3.63, 3.8) is 0 Å². The van der Waals surface area contributed by atoms with Crippen molar-refractivity contribution < 1.29 is 4.79 Å². The monoisotopic (exact) mass is 273 g/mol. The highest BCUT2D eigenvalue weighted by Crippen LogP contribution is 2.19. The zero-order valence-electron chi connectivity index (χ0n) is 10.8. The molecule has 0 aliphatic heterocycles. The van der Waals surface area contributed by atoms with Crippen LogP contribution in [0.1, 0.15) is 35.3 Å². The molecular weight excluding hydrogens is 258 g/mol. The molecule has 0 fully saturated rings. The van der Waals surface area contributed by atoms with Gasteiger partial charge in [0.05, 0.1) is 16.6 Å². The van der Waals surface area contributed by atoms with Gasteiger partial charge >= 0.3 is 0 Å². The van der Waals surface area contributed by atoms with Crippen molar-refractivity contribution in [3.8, 4) is 0 Å². The van der Waals surface area contributed by atoms with Gasteiger partial charge in [-0.2, -0.15) is 0 Å². The summed E-state index contributed by atoms with van der Waals surface area (Å²) in [7, 11) is 0. The normalized spacial score (nSPS) is 11.9. The maximum absolute atomic E-state index is 12.2. The number of rotatable bonds is 4. The maximum Gasteiger partial charge on any atom is 0.253 e. The number of hydrogen-bond donors (Lipinski definition) is 1. The van der Waals surface area contributed by atoms with E-state index in [1.54, 1.807) is 12.1 Å². The van der Waals surface area contributed by atoms with E-state index >= 15 is 0 Å². The van der Waals surface area contributed by atoms with Gasteiger partial charge in [-0.3, -0.25) is 4.79 Å². The molecular formula is C16H16ClNO. The Morgan fingerprint density at radius 2 is 1.74 bits per heavy atom. The van der Waals surface area contributed by atoms with E-state index in [4.69, 9.17) is 11.6 Å². The van der Waals surface area contributed by atoms with Crippen LogP contribution in [0.4, 0.5) is 0 Å². The van der Waals surface area contributed by atoms with Crippen molar-refractivity contribution in [1.82, 2.24) is 5.32 Å². The van der Waals surface area contributed by atoms with Crippen LogP contribution in [0.15, 0.2) is 54.6 Å². The molecule has 0 unspecified atom stereocenters. The van der Waals surface area contributed by atoms with Gasteiger partial charge in [0.1, 0.15) is 0 Å². The summed E-state index contributed by atoms with van der Waals surface area (Å²) in [6, 6.07) is 17.0. The molecule has 2 nitrogen and oxygen atoms in total. The maximum atomic E-state index is 12.2. The number of carbonyl (C=O) groups is 1. The second-order valence-corrected chi connectivity index (χ2v) is 4.73. The fourth-order valence-corrected chi connectivity index (χ4v) is 2.21. The van der Waals surface area contributed by atoms with E-state index in [0.29, 0.717) is 10.6 Å². The number of amides is 1. The summed E-state index contributed by atoms with van der Waals surface area (Å²) in [5, 5.41) is 3.49. The van der Waals surface area contributed by atoms with Crippen LogP contribution in [0.25, 0.3) is 0 Å².